The van der Waals surface area contributed by atoms with Crippen LogP contribution in [0.4, 0.5) is 0 Å². The molecule has 1 rings (SSSR count). The van der Waals surface area contributed by atoms with Gasteiger partial charge in [-0.1, -0.05) is 45.4 Å². The molecular weight excluding hydrogens is 172 g/mol. The van der Waals surface area contributed by atoms with Crippen molar-refractivity contribution in [3.63, 3.8) is 0 Å². The van der Waals surface area contributed by atoms with Gasteiger partial charge in [-0.15, -0.1) is 0 Å². The zero-order valence-corrected chi connectivity index (χ0v) is 9.50. The van der Waals surface area contributed by atoms with Crippen molar-refractivity contribution in [2.75, 3.05) is 0 Å². The van der Waals surface area contributed by atoms with Gasteiger partial charge in [-0.05, 0) is 25.2 Å². The van der Waals surface area contributed by atoms with Crippen molar-refractivity contribution >= 4 is 6.29 Å². The van der Waals surface area contributed by atoms with E-state index in [4.69, 9.17) is 0 Å². The average Bonchev–Trinajstić information content (AvgIpc) is 2.34. The largest absolute Gasteiger partial charge is 0.303 e. The van der Waals surface area contributed by atoms with Gasteiger partial charge in [-0.25, -0.2) is 0 Å². The summed E-state index contributed by atoms with van der Waals surface area (Å²) in [5.74, 6) is 1.03. The van der Waals surface area contributed by atoms with Crippen LogP contribution in [0.1, 0.15) is 64.7 Å². The summed E-state index contributed by atoms with van der Waals surface area (Å²) < 4.78 is 0. The standard InChI is InChI=1S/C13H24O/c1-2-12(11-14)13-9-7-5-3-4-6-8-10-13/h11-13H,2-10H2,1H3. The van der Waals surface area contributed by atoms with Crippen LogP contribution in [-0.4, -0.2) is 6.29 Å². The van der Waals surface area contributed by atoms with Crippen molar-refractivity contribution in [2.24, 2.45) is 11.8 Å². The second-order valence-corrected chi connectivity index (χ2v) is 4.67. The summed E-state index contributed by atoms with van der Waals surface area (Å²) in [5.41, 5.74) is 0. The van der Waals surface area contributed by atoms with E-state index in [1.54, 1.807) is 0 Å². The SMILES string of the molecule is CCC(C=O)C1CCCCCCCC1. The normalized spacial score (nSPS) is 23.2. The van der Waals surface area contributed by atoms with Gasteiger partial charge in [0.15, 0.2) is 0 Å². The topological polar surface area (TPSA) is 17.1 Å². The second kappa shape index (κ2) is 7.03. The first kappa shape index (κ1) is 11.7. The Labute approximate surface area is 88.3 Å². The molecule has 0 aliphatic heterocycles. The summed E-state index contributed by atoms with van der Waals surface area (Å²) in [6, 6.07) is 0. The molecule has 1 saturated carbocycles. The lowest BCUT2D eigenvalue weighted by Gasteiger charge is -2.20. The van der Waals surface area contributed by atoms with Gasteiger partial charge in [0.05, 0.1) is 0 Å². The van der Waals surface area contributed by atoms with E-state index in [2.05, 4.69) is 6.92 Å². The molecule has 1 unspecified atom stereocenters. The Hall–Kier alpha value is -0.330. The maximum Gasteiger partial charge on any atom is 0.123 e. The van der Waals surface area contributed by atoms with E-state index in [-0.39, 0.29) is 0 Å². The van der Waals surface area contributed by atoms with Crippen LogP contribution in [0, 0.1) is 11.8 Å². The molecular formula is C13H24O. The number of carbonyl (C=O) groups excluding carboxylic acids is 1. The van der Waals surface area contributed by atoms with Crippen molar-refractivity contribution in [2.45, 2.75) is 64.7 Å². The first-order valence-corrected chi connectivity index (χ1v) is 6.33. The highest BCUT2D eigenvalue weighted by Crippen LogP contribution is 2.28. The van der Waals surface area contributed by atoms with Gasteiger partial charge < -0.3 is 4.79 Å². The number of carbonyl (C=O) groups is 1. The van der Waals surface area contributed by atoms with Crippen molar-refractivity contribution in [1.29, 1.82) is 0 Å². The maximum atomic E-state index is 10.9. The highest BCUT2D eigenvalue weighted by molar-refractivity contribution is 5.53. The van der Waals surface area contributed by atoms with Crippen LogP contribution in [0.5, 0.6) is 0 Å². The van der Waals surface area contributed by atoms with E-state index >= 15 is 0 Å². The predicted molar refractivity (Wildman–Crippen MR) is 60.3 cm³/mol. The minimum Gasteiger partial charge on any atom is -0.303 e. The fourth-order valence-electron chi connectivity index (χ4n) is 2.63. The molecule has 0 aromatic carbocycles. The fourth-order valence-corrected chi connectivity index (χ4v) is 2.63. The van der Waals surface area contributed by atoms with Crippen molar-refractivity contribution < 1.29 is 4.79 Å². The van der Waals surface area contributed by atoms with Crippen LogP contribution in [-0.2, 0) is 4.79 Å². The molecule has 1 heteroatoms. The first-order chi connectivity index (χ1) is 6.88. The van der Waals surface area contributed by atoms with Crippen LogP contribution in [0.3, 0.4) is 0 Å². The molecule has 0 radical (unpaired) electrons. The Morgan fingerprint density at radius 2 is 1.57 bits per heavy atom. The highest BCUT2D eigenvalue weighted by atomic mass is 16.1. The smallest absolute Gasteiger partial charge is 0.123 e. The summed E-state index contributed by atoms with van der Waals surface area (Å²) >= 11 is 0. The van der Waals surface area contributed by atoms with Gasteiger partial charge in [0.25, 0.3) is 0 Å². The third-order valence-electron chi connectivity index (χ3n) is 3.65. The summed E-state index contributed by atoms with van der Waals surface area (Å²) in [6.07, 6.45) is 13.1. The molecule has 82 valence electrons. The van der Waals surface area contributed by atoms with E-state index < -0.39 is 0 Å². The zero-order valence-electron chi connectivity index (χ0n) is 9.50. The quantitative estimate of drug-likeness (QED) is 0.624. The van der Waals surface area contributed by atoms with E-state index in [1.165, 1.54) is 57.7 Å². The molecule has 1 aliphatic rings. The Bertz CT molecular complexity index is 143. The number of hydrogen-bond acceptors (Lipinski definition) is 1. The number of rotatable bonds is 3. The number of hydrogen-bond donors (Lipinski definition) is 0. The minimum atomic E-state index is 0.341. The van der Waals surface area contributed by atoms with Crippen molar-refractivity contribution in [1.82, 2.24) is 0 Å². The van der Waals surface area contributed by atoms with Crippen LogP contribution in [0.2, 0.25) is 0 Å². The van der Waals surface area contributed by atoms with Crippen LogP contribution in [0.15, 0.2) is 0 Å². The molecule has 14 heavy (non-hydrogen) atoms. The summed E-state index contributed by atoms with van der Waals surface area (Å²) in [7, 11) is 0. The van der Waals surface area contributed by atoms with Gasteiger partial charge in [0, 0.05) is 5.92 Å². The third-order valence-corrected chi connectivity index (χ3v) is 3.65. The van der Waals surface area contributed by atoms with Gasteiger partial charge in [0.1, 0.15) is 6.29 Å². The lowest BCUT2D eigenvalue weighted by Crippen LogP contribution is -2.15. The second-order valence-electron chi connectivity index (χ2n) is 4.67. The van der Waals surface area contributed by atoms with Crippen LogP contribution in [0.25, 0.3) is 0 Å². The summed E-state index contributed by atoms with van der Waals surface area (Å²) in [6.45, 7) is 2.14. The zero-order chi connectivity index (χ0) is 10.2. The van der Waals surface area contributed by atoms with E-state index in [0.29, 0.717) is 11.8 Å². The Balaban J connectivity index is 2.41. The van der Waals surface area contributed by atoms with E-state index in [1.807, 2.05) is 0 Å². The van der Waals surface area contributed by atoms with E-state index in [0.717, 1.165) is 6.42 Å². The maximum absolute atomic E-state index is 10.9. The first-order valence-electron chi connectivity index (χ1n) is 6.33. The molecule has 0 N–H and O–H groups in total. The highest BCUT2D eigenvalue weighted by Gasteiger charge is 2.19. The Morgan fingerprint density at radius 1 is 1.07 bits per heavy atom. The van der Waals surface area contributed by atoms with Gasteiger partial charge in [-0.3, -0.25) is 0 Å². The molecule has 1 aliphatic carbocycles. The molecule has 0 saturated heterocycles. The Morgan fingerprint density at radius 3 is 2.00 bits per heavy atom. The minimum absolute atomic E-state index is 0.341. The summed E-state index contributed by atoms with van der Waals surface area (Å²) in [5, 5.41) is 0. The van der Waals surface area contributed by atoms with Gasteiger partial charge in [-0.2, -0.15) is 0 Å². The lowest BCUT2D eigenvalue weighted by molar-refractivity contribution is -0.112. The van der Waals surface area contributed by atoms with E-state index in [9.17, 15) is 4.79 Å². The molecule has 1 atom stereocenters. The van der Waals surface area contributed by atoms with Crippen LogP contribution >= 0.6 is 0 Å². The monoisotopic (exact) mass is 196 g/mol. The van der Waals surface area contributed by atoms with Crippen LogP contribution < -0.4 is 0 Å². The predicted octanol–water partition coefficient (Wildman–Crippen LogP) is 3.96. The third kappa shape index (κ3) is 3.81. The molecule has 0 spiro atoms. The molecule has 0 aromatic heterocycles. The Kier molecular flexibility index (Phi) is 5.89. The molecule has 0 bridgehead atoms. The molecule has 0 heterocycles. The van der Waals surface area contributed by atoms with Gasteiger partial charge >= 0.3 is 0 Å². The lowest BCUT2D eigenvalue weighted by atomic mass is 9.84. The molecule has 1 nitrogen and oxygen atoms in total. The molecule has 1 fully saturated rings. The molecule has 0 amide bonds. The van der Waals surface area contributed by atoms with Crippen molar-refractivity contribution in [3.8, 4) is 0 Å². The molecule has 0 aromatic rings. The van der Waals surface area contributed by atoms with Gasteiger partial charge in [0.2, 0.25) is 0 Å². The van der Waals surface area contributed by atoms with Crippen molar-refractivity contribution in [3.05, 3.63) is 0 Å². The summed E-state index contributed by atoms with van der Waals surface area (Å²) in [4.78, 5) is 10.9. The fraction of sp³-hybridized carbons (Fsp3) is 0.923. The number of aldehydes is 1. The average molecular weight is 196 g/mol.